The lowest BCUT2D eigenvalue weighted by Gasteiger charge is -2.08. The number of aliphatic hydroxyl groups is 1. The number of nitriles is 1. The number of nitrogens with zero attached hydrogens (tertiary/aromatic N) is 5. The van der Waals surface area contributed by atoms with Crippen LogP contribution in [0, 0.1) is 11.3 Å². The van der Waals surface area contributed by atoms with Crippen molar-refractivity contribution in [2.45, 2.75) is 6.61 Å². The Balaban J connectivity index is 1.77. The standard InChI is InChI=1S/C22H15N5O2/c23-12-20-22(25-19-7-2-1-6-18(19)24-20)17-11-16(8-9-21(17)29)27-26-15-5-3-4-14(10-15)13-28/h1-11,28-29H,13H2. The van der Waals surface area contributed by atoms with E-state index in [9.17, 15) is 15.5 Å². The van der Waals surface area contributed by atoms with Crippen molar-refractivity contribution in [2.24, 2.45) is 10.2 Å². The van der Waals surface area contributed by atoms with E-state index < -0.39 is 0 Å². The van der Waals surface area contributed by atoms with Crippen LogP contribution in [-0.4, -0.2) is 20.2 Å². The second-order valence-electron chi connectivity index (χ2n) is 6.25. The first-order valence-electron chi connectivity index (χ1n) is 8.80. The van der Waals surface area contributed by atoms with E-state index in [-0.39, 0.29) is 23.7 Å². The lowest BCUT2D eigenvalue weighted by atomic mass is 10.1. The molecule has 1 aromatic heterocycles. The predicted octanol–water partition coefficient (Wildman–Crippen LogP) is 4.78. The smallest absolute Gasteiger partial charge is 0.167 e. The number of rotatable bonds is 4. The van der Waals surface area contributed by atoms with E-state index in [0.29, 0.717) is 28.0 Å². The molecule has 3 aromatic carbocycles. The summed E-state index contributed by atoms with van der Waals surface area (Å²) in [5.74, 6) is -0.0349. The fourth-order valence-corrected chi connectivity index (χ4v) is 2.87. The molecule has 0 saturated heterocycles. The normalized spacial score (nSPS) is 11.0. The molecule has 0 fully saturated rings. The van der Waals surface area contributed by atoms with Gasteiger partial charge in [-0.15, -0.1) is 0 Å². The van der Waals surface area contributed by atoms with Crippen molar-refractivity contribution in [3.8, 4) is 23.1 Å². The van der Waals surface area contributed by atoms with Crippen LogP contribution < -0.4 is 0 Å². The highest BCUT2D eigenvalue weighted by atomic mass is 16.3. The van der Waals surface area contributed by atoms with Crippen LogP contribution in [0.25, 0.3) is 22.3 Å². The molecule has 1 heterocycles. The van der Waals surface area contributed by atoms with Crippen LogP contribution in [-0.2, 0) is 6.61 Å². The summed E-state index contributed by atoms with van der Waals surface area (Å²) in [4.78, 5) is 8.86. The van der Waals surface area contributed by atoms with Crippen LogP contribution in [0.2, 0.25) is 0 Å². The second kappa shape index (κ2) is 7.84. The number of phenols is 1. The number of benzene rings is 3. The minimum Gasteiger partial charge on any atom is -0.507 e. The summed E-state index contributed by atoms with van der Waals surface area (Å²) in [5.41, 5.74) is 3.77. The monoisotopic (exact) mass is 381 g/mol. The molecule has 0 spiro atoms. The number of aromatic hydroxyl groups is 1. The average Bonchev–Trinajstić information content (AvgIpc) is 2.77. The molecule has 7 nitrogen and oxygen atoms in total. The minimum atomic E-state index is -0.0791. The summed E-state index contributed by atoms with van der Waals surface area (Å²) < 4.78 is 0. The van der Waals surface area contributed by atoms with Gasteiger partial charge in [0, 0.05) is 5.56 Å². The van der Waals surface area contributed by atoms with E-state index in [0.717, 1.165) is 5.56 Å². The van der Waals surface area contributed by atoms with Crippen LogP contribution in [0.1, 0.15) is 11.3 Å². The van der Waals surface area contributed by atoms with E-state index in [4.69, 9.17) is 0 Å². The molecule has 29 heavy (non-hydrogen) atoms. The highest BCUT2D eigenvalue weighted by molar-refractivity contribution is 5.82. The Hall–Kier alpha value is -4.15. The quantitative estimate of drug-likeness (QED) is 0.494. The van der Waals surface area contributed by atoms with Crippen molar-refractivity contribution >= 4 is 22.4 Å². The van der Waals surface area contributed by atoms with Crippen molar-refractivity contribution in [1.29, 1.82) is 5.26 Å². The number of phenolic OH excluding ortho intramolecular Hbond substituents is 1. The zero-order chi connectivity index (χ0) is 20.2. The number of aliphatic hydroxyl groups excluding tert-OH is 1. The van der Waals surface area contributed by atoms with Crippen molar-refractivity contribution in [3.05, 3.63) is 78.0 Å². The first-order valence-corrected chi connectivity index (χ1v) is 8.80. The van der Waals surface area contributed by atoms with Gasteiger partial charge >= 0.3 is 0 Å². The molecular weight excluding hydrogens is 366 g/mol. The molecule has 0 aliphatic rings. The van der Waals surface area contributed by atoms with Gasteiger partial charge in [-0.3, -0.25) is 0 Å². The Bertz CT molecular complexity index is 1280. The molecular formula is C22H15N5O2. The third-order valence-corrected chi connectivity index (χ3v) is 4.29. The minimum absolute atomic E-state index is 0.0349. The molecule has 4 aromatic rings. The van der Waals surface area contributed by atoms with Crippen LogP contribution in [0.5, 0.6) is 5.75 Å². The molecule has 2 N–H and O–H groups in total. The molecule has 0 bridgehead atoms. The first kappa shape index (κ1) is 18.2. The van der Waals surface area contributed by atoms with E-state index in [1.54, 1.807) is 48.5 Å². The lowest BCUT2D eigenvalue weighted by molar-refractivity contribution is 0.282. The third kappa shape index (κ3) is 3.78. The van der Waals surface area contributed by atoms with Gasteiger partial charge in [-0.25, -0.2) is 9.97 Å². The molecule has 0 aliphatic carbocycles. The average molecular weight is 381 g/mol. The van der Waals surface area contributed by atoms with Gasteiger partial charge in [0.2, 0.25) is 0 Å². The van der Waals surface area contributed by atoms with Gasteiger partial charge in [0.25, 0.3) is 0 Å². The molecule has 0 atom stereocenters. The van der Waals surface area contributed by atoms with Gasteiger partial charge < -0.3 is 10.2 Å². The molecule has 0 unspecified atom stereocenters. The predicted molar refractivity (Wildman–Crippen MR) is 108 cm³/mol. The van der Waals surface area contributed by atoms with Crippen LogP contribution in [0.3, 0.4) is 0 Å². The zero-order valence-corrected chi connectivity index (χ0v) is 15.2. The Morgan fingerprint density at radius 2 is 1.59 bits per heavy atom. The maximum atomic E-state index is 10.4. The summed E-state index contributed by atoms with van der Waals surface area (Å²) in [5, 5.41) is 37.5. The molecule has 4 rings (SSSR count). The van der Waals surface area contributed by atoms with Gasteiger partial charge in [-0.2, -0.15) is 15.5 Å². The number of para-hydroxylation sites is 2. The second-order valence-corrected chi connectivity index (χ2v) is 6.25. The number of hydrogen-bond acceptors (Lipinski definition) is 7. The van der Waals surface area contributed by atoms with Crippen molar-refractivity contribution in [2.75, 3.05) is 0 Å². The summed E-state index contributed by atoms with van der Waals surface area (Å²) >= 11 is 0. The highest BCUT2D eigenvalue weighted by Gasteiger charge is 2.15. The van der Waals surface area contributed by atoms with Crippen molar-refractivity contribution < 1.29 is 10.2 Å². The highest BCUT2D eigenvalue weighted by Crippen LogP contribution is 2.34. The Morgan fingerprint density at radius 1 is 0.862 bits per heavy atom. The molecule has 0 radical (unpaired) electrons. The Morgan fingerprint density at radius 3 is 2.31 bits per heavy atom. The fourth-order valence-electron chi connectivity index (χ4n) is 2.87. The number of azo groups is 1. The maximum Gasteiger partial charge on any atom is 0.167 e. The van der Waals surface area contributed by atoms with Gasteiger partial charge in [-0.05, 0) is 48.0 Å². The lowest BCUT2D eigenvalue weighted by Crippen LogP contribution is -1.95. The van der Waals surface area contributed by atoms with Gasteiger partial charge in [0.15, 0.2) is 5.69 Å². The van der Waals surface area contributed by atoms with E-state index >= 15 is 0 Å². The number of hydrogen-bond donors (Lipinski definition) is 2. The van der Waals surface area contributed by atoms with Gasteiger partial charge in [0.1, 0.15) is 17.5 Å². The van der Waals surface area contributed by atoms with Crippen LogP contribution >= 0.6 is 0 Å². The summed E-state index contributed by atoms with van der Waals surface area (Å²) in [6.45, 7) is -0.0791. The van der Waals surface area contributed by atoms with Crippen molar-refractivity contribution in [3.63, 3.8) is 0 Å². The summed E-state index contributed by atoms with van der Waals surface area (Å²) in [7, 11) is 0. The Kier molecular flexibility index (Phi) is 4.93. The van der Waals surface area contributed by atoms with Gasteiger partial charge in [-0.1, -0.05) is 24.3 Å². The van der Waals surface area contributed by atoms with Gasteiger partial charge in [0.05, 0.1) is 29.0 Å². The zero-order valence-electron chi connectivity index (χ0n) is 15.2. The maximum absolute atomic E-state index is 10.4. The number of aromatic nitrogens is 2. The summed E-state index contributed by atoms with van der Waals surface area (Å²) in [6.07, 6.45) is 0. The SMILES string of the molecule is N#Cc1nc2ccccc2nc1-c1cc(N=Nc2cccc(CO)c2)ccc1O. The van der Waals surface area contributed by atoms with Crippen LogP contribution in [0.4, 0.5) is 11.4 Å². The topological polar surface area (TPSA) is 115 Å². The van der Waals surface area contributed by atoms with E-state index in [1.165, 1.54) is 6.07 Å². The largest absolute Gasteiger partial charge is 0.507 e. The molecule has 0 saturated carbocycles. The fraction of sp³-hybridized carbons (Fsp3) is 0.0455. The van der Waals surface area contributed by atoms with Crippen LogP contribution in [0.15, 0.2) is 77.0 Å². The molecule has 0 amide bonds. The first-order chi connectivity index (χ1) is 14.2. The third-order valence-electron chi connectivity index (χ3n) is 4.29. The number of fused-ring (bicyclic) bond motifs is 1. The Labute approximate surface area is 166 Å². The van der Waals surface area contributed by atoms with Crippen molar-refractivity contribution in [1.82, 2.24) is 9.97 Å². The van der Waals surface area contributed by atoms with E-state index in [1.807, 2.05) is 18.2 Å². The van der Waals surface area contributed by atoms with E-state index in [2.05, 4.69) is 20.2 Å². The molecule has 0 aliphatic heterocycles. The molecule has 7 heteroatoms. The summed E-state index contributed by atoms with van der Waals surface area (Å²) in [6, 6.07) is 21.0. The molecule has 140 valence electrons.